The van der Waals surface area contributed by atoms with E-state index in [9.17, 15) is 9.59 Å². The second-order valence-electron chi connectivity index (χ2n) is 3.66. The molecule has 0 aromatic carbocycles. The molecule has 1 heterocycles. The van der Waals surface area contributed by atoms with Crippen molar-refractivity contribution in [1.29, 1.82) is 0 Å². The smallest absolute Gasteiger partial charge is 0.303 e. The number of hydrogen-bond donors (Lipinski definition) is 3. The molecule has 0 spiro atoms. The SMILES string of the molecule is Cc1nc(C(=O)NCC(C)CC(=O)O)n[nH]1. The molecule has 7 nitrogen and oxygen atoms in total. The van der Waals surface area contributed by atoms with Crippen molar-refractivity contribution in [3.8, 4) is 0 Å². The molecule has 0 saturated heterocycles. The number of carboxylic acid groups (broad SMARTS) is 1. The Balaban J connectivity index is 2.38. The van der Waals surface area contributed by atoms with E-state index in [1.807, 2.05) is 0 Å². The zero-order valence-corrected chi connectivity index (χ0v) is 9.15. The summed E-state index contributed by atoms with van der Waals surface area (Å²) in [6.07, 6.45) is 0.0211. The summed E-state index contributed by atoms with van der Waals surface area (Å²) in [5.74, 6) is -0.776. The Hall–Kier alpha value is -1.92. The number of H-pyrrole nitrogens is 1. The van der Waals surface area contributed by atoms with Crippen LogP contribution in [0.5, 0.6) is 0 Å². The van der Waals surface area contributed by atoms with Gasteiger partial charge in [0, 0.05) is 13.0 Å². The first-order chi connectivity index (χ1) is 7.49. The Morgan fingerprint density at radius 3 is 2.75 bits per heavy atom. The van der Waals surface area contributed by atoms with Crippen molar-refractivity contribution in [3.05, 3.63) is 11.6 Å². The monoisotopic (exact) mass is 226 g/mol. The third kappa shape index (κ3) is 3.68. The number of carbonyl (C=O) groups is 2. The molecule has 0 aliphatic carbocycles. The molecular formula is C9H14N4O3. The van der Waals surface area contributed by atoms with E-state index in [0.717, 1.165) is 0 Å². The minimum Gasteiger partial charge on any atom is -0.481 e. The number of nitrogens with one attached hydrogen (secondary N) is 2. The van der Waals surface area contributed by atoms with Crippen molar-refractivity contribution in [2.75, 3.05) is 6.54 Å². The van der Waals surface area contributed by atoms with Crippen molar-refractivity contribution >= 4 is 11.9 Å². The maximum absolute atomic E-state index is 11.4. The first-order valence-corrected chi connectivity index (χ1v) is 4.88. The first-order valence-electron chi connectivity index (χ1n) is 4.88. The van der Waals surface area contributed by atoms with Crippen molar-refractivity contribution in [1.82, 2.24) is 20.5 Å². The molecule has 0 aliphatic rings. The molecule has 1 rings (SSSR count). The van der Waals surface area contributed by atoms with Crippen LogP contribution in [0.4, 0.5) is 0 Å². The number of nitrogens with zero attached hydrogens (tertiary/aromatic N) is 2. The average molecular weight is 226 g/mol. The van der Waals surface area contributed by atoms with E-state index < -0.39 is 11.9 Å². The van der Waals surface area contributed by atoms with Crippen molar-refractivity contribution < 1.29 is 14.7 Å². The summed E-state index contributed by atoms with van der Waals surface area (Å²) in [6.45, 7) is 3.73. The Morgan fingerprint density at radius 1 is 1.56 bits per heavy atom. The molecule has 88 valence electrons. The topological polar surface area (TPSA) is 108 Å². The molecule has 0 radical (unpaired) electrons. The fourth-order valence-electron chi connectivity index (χ4n) is 1.16. The van der Waals surface area contributed by atoms with Crippen LogP contribution in [0.2, 0.25) is 0 Å². The van der Waals surface area contributed by atoms with Crippen molar-refractivity contribution in [2.45, 2.75) is 20.3 Å². The van der Waals surface area contributed by atoms with E-state index >= 15 is 0 Å². The molecule has 0 saturated carbocycles. The second kappa shape index (κ2) is 5.24. The van der Waals surface area contributed by atoms with Crippen LogP contribution >= 0.6 is 0 Å². The van der Waals surface area contributed by atoms with Gasteiger partial charge in [-0.15, -0.1) is 5.10 Å². The van der Waals surface area contributed by atoms with Crippen LogP contribution in [0, 0.1) is 12.8 Å². The molecule has 16 heavy (non-hydrogen) atoms. The van der Waals surface area contributed by atoms with Crippen LogP contribution < -0.4 is 5.32 Å². The molecule has 1 unspecified atom stereocenters. The lowest BCUT2D eigenvalue weighted by molar-refractivity contribution is -0.137. The highest BCUT2D eigenvalue weighted by atomic mass is 16.4. The van der Waals surface area contributed by atoms with E-state index in [0.29, 0.717) is 12.4 Å². The van der Waals surface area contributed by atoms with E-state index in [4.69, 9.17) is 5.11 Å². The number of aromatic nitrogens is 3. The first kappa shape index (κ1) is 12.2. The lowest BCUT2D eigenvalue weighted by Gasteiger charge is -2.08. The summed E-state index contributed by atoms with van der Waals surface area (Å²) in [5, 5.41) is 17.3. The Morgan fingerprint density at radius 2 is 2.25 bits per heavy atom. The largest absolute Gasteiger partial charge is 0.481 e. The molecule has 0 aliphatic heterocycles. The van der Waals surface area contributed by atoms with Crippen LogP contribution in [-0.2, 0) is 4.79 Å². The van der Waals surface area contributed by atoms with E-state index in [1.165, 1.54) is 0 Å². The lowest BCUT2D eigenvalue weighted by atomic mass is 10.1. The molecule has 1 aromatic heterocycles. The van der Waals surface area contributed by atoms with Gasteiger partial charge >= 0.3 is 5.97 Å². The van der Waals surface area contributed by atoms with Gasteiger partial charge < -0.3 is 10.4 Å². The highest BCUT2D eigenvalue weighted by Crippen LogP contribution is 2.00. The van der Waals surface area contributed by atoms with Gasteiger partial charge in [-0.25, -0.2) is 4.98 Å². The summed E-state index contributed by atoms with van der Waals surface area (Å²) in [5.41, 5.74) is 0. The predicted molar refractivity (Wildman–Crippen MR) is 54.9 cm³/mol. The molecule has 3 N–H and O–H groups in total. The highest BCUT2D eigenvalue weighted by Gasteiger charge is 2.13. The van der Waals surface area contributed by atoms with Gasteiger partial charge in [-0.2, -0.15) is 0 Å². The highest BCUT2D eigenvalue weighted by molar-refractivity contribution is 5.90. The number of aromatic amines is 1. The average Bonchev–Trinajstić information content (AvgIpc) is 2.60. The normalized spacial score (nSPS) is 12.1. The van der Waals surface area contributed by atoms with Crippen LogP contribution in [0.25, 0.3) is 0 Å². The van der Waals surface area contributed by atoms with Gasteiger partial charge in [-0.3, -0.25) is 14.7 Å². The van der Waals surface area contributed by atoms with Gasteiger partial charge in [0.25, 0.3) is 5.91 Å². The summed E-state index contributed by atoms with van der Waals surface area (Å²) in [6, 6.07) is 0. The minimum atomic E-state index is -0.879. The third-order valence-electron chi connectivity index (χ3n) is 1.93. The lowest BCUT2D eigenvalue weighted by Crippen LogP contribution is -2.30. The number of aryl methyl sites for hydroxylation is 1. The van der Waals surface area contributed by atoms with E-state index in [-0.39, 0.29) is 18.2 Å². The number of rotatable bonds is 5. The Kier molecular flexibility index (Phi) is 3.98. The van der Waals surface area contributed by atoms with Gasteiger partial charge in [-0.05, 0) is 12.8 Å². The fourth-order valence-corrected chi connectivity index (χ4v) is 1.16. The summed E-state index contributed by atoms with van der Waals surface area (Å²) < 4.78 is 0. The van der Waals surface area contributed by atoms with Gasteiger partial charge in [0.15, 0.2) is 0 Å². The zero-order valence-electron chi connectivity index (χ0n) is 9.15. The number of hydrogen-bond acceptors (Lipinski definition) is 4. The Bertz CT molecular complexity index is 388. The summed E-state index contributed by atoms with van der Waals surface area (Å²) in [4.78, 5) is 25.7. The number of carboxylic acids is 1. The van der Waals surface area contributed by atoms with Crippen LogP contribution in [-0.4, -0.2) is 38.7 Å². The van der Waals surface area contributed by atoms with Crippen LogP contribution in [0.1, 0.15) is 29.8 Å². The van der Waals surface area contributed by atoms with Gasteiger partial charge in [0.05, 0.1) is 0 Å². The number of carbonyl (C=O) groups excluding carboxylic acids is 1. The summed E-state index contributed by atoms with van der Waals surface area (Å²) in [7, 11) is 0. The van der Waals surface area contributed by atoms with Gasteiger partial charge in [-0.1, -0.05) is 6.92 Å². The van der Waals surface area contributed by atoms with Gasteiger partial charge in [0.2, 0.25) is 5.82 Å². The number of amides is 1. The van der Waals surface area contributed by atoms with E-state index in [2.05, 4.69) is 20.5 Å². The standard InChI is InChI=1S/C9H14N4O3/c1-5(3-7(14)15)4-10-9(16)8-11-6(2)12-13-8/h5H,3-4H2,1-2H3,(H,10,16)(H,14,15)(H,11,12,13). The molecule has 0 bridgehead atoms. The molecule has 1 atom stereocenters. The molecule has 1 amide bonds. The quantitative estimate of drug-likeness (QED) is 0.652. The number of aliphatic carboxylic acids is 1. The van der Waals surface area contributed by atoms with Crippen molar-refractivity contribution in [3.63, 3.8) is 0 Å². The van der Waals surface area contributed by atoms with E-state index in [1.54, 1.807) is 13.8 Å². The minimum absolute atomic E-state index is 0.0211. The molecular weight excluding hydrogens is 212 g/mol. The van der Waals surface area contributed by atoms with Crippen LogP contribution in [0.15, 0.2) is 0 Å². The maximum Gasteiger partial charge on any atom is 0.303 e. The molecule has 7 heteroatoms. The zero-order chi connectivity index (χ0) is 12.1. The Labute approximate surface area is 92.3 Å². The summed E-state index contributed by atoms with van der Waals surface area (Å²) >= 11 is 0. The predicted octanol–water partition coefficient (Wildman–Crippen LogP) is -0.0463. The third-order valence-corrected chi connectivity index (χ3v) is 1.93. The molecule has 0 fully saturated rings. The molecule has 1 aromatic rings. The van der Waals surface area contributed by atoms with Crippen LogP contribution in [0.3, 0.4) is 0 Å². The fraction of sp³-hybridized carbons (Fsp3) is 0.556. The van der Waals surface area contributed by atoms with Crippen molar-refractivity contribution in [2.24, 2.45) is 5.92 Å². The van der Waals surface area contributed by atoms with Gasteiger partial charge in [0.1, 0.15) is 5.82 Å². The maximum atomic E-state index is 11.4. The second-order valence-corrected chi connectivity index (χ2v) is 3.66.